The molecule has 0 aliphatic carbocycles. The molecule has 12 rings (SSSR count). The van der Waals surface area contributed by atoms with Crippen molar-refractivity contribution in [2.75, 3.05) is 59.0 Å². The van der Waals surface area contributed by atoms with Crippen LogP contribution in [0.1, 0.15) is 93.6 Å². The number of nitrogens with one attached hydrogen (secondary N) is 7. The molecule has 0 atom stereocenters. The van der Waals surface area contributed by atoms with Crippen LogP contribution >= 0.6 is 11.6 Å². The maximum Gasteiger partial charge on any atom is 0.324 e. The molecule has 7 N–H and O–H groups in total. The largest absolute Gasteiger partial charge is 0.497 e. The highest BCUT2D eigenvalue weighted by Gasteiger charge is 2.25. The first kappa shape index (κ1) is 76.4. The Bertz CT molecular complexity index is 4980. The van der Waals surface area contributed by atoms with Gasteiger partial charge >= 0.3 is 12.1 Å². The number of fused-ring (bicyclic) bond motifs is 2. The highest BCUT2D eigenvalue weighted by molar-refractivity contribution is 6.29. The summed E-state index contributed by atoms with van der Waals surface area (Å²) in [6, 6.07) is 57.0. The smallest absolute Gasteiger partial charge is 0.324 e. The van der Waals surface area contributed by atoms with Gasteiger partial charge in [-0.1, -0.05) is 138 Å². The molecule has 6 amide bonds. The molecule has 5 aromatic heterocycles. The van der Waals surface area contributed by atoms with Gasteiger partial charge in [-0.2, -0.15) is 14.8 Å². The summed E-state index contributed by atoms with van der Waals surface area (Å²) in [5, 5.41) is 33.6. The zero-order valence-corrected chi connectivity index (χ0v) is 62.2. The van der Waals surface area contributed by atoms with E-state index in [0.29, 0.717) is 65.5 Å². The summed E-state index contributed by atoms with van der Waals surface area (Å²) < 4.78 is 24.5. The van der Waals surface area contributed by atoms with Crippen LogP contribution in [0.3, 0.4) is 0 Å². The average molecular weight is 1450 g/mol. The van der Waals surface area contributed by atoms with Crippen LogP contribution in [-0.2, 0) is 46.7 Å². The van der Waals surface area contributed by atoms with E-state index in [9.17, 15) is 19.2 Å². The monoisotopic (exact) mass is 1450 g/mol. The normalized spacial score (nSPS) is 11.1. The van der Waals surface area contributed by atoms with E-state index in [2.05, 4.69) is 101 Å². The van der Waals surface area contributed by atoms with Crippen molar-refractivity contribution in [2.45, 2.75) is 105 Å². The van der Waals surface area contributed by atoms with Crippen LogP contribution in [0.25, 0.3) is 32.9 Å². The highest BCUT2D eigenvalue weighted by Crippen LogP contribution is 2.36. The van der Waals surface area contributed by atoms with Crippen molar-refractivity contribution in [3.63, 3.8) is 0 Å². The summed E-state index contributed by atoms with van der Waals surface area (Å²) in [4.78, 5) is 64.6. The molecule has 0 bridgehead atoms. The molecule has 0 radical (unpaired) electrons. The lowest BCUT2D eigenvalue weighted by atomic mass is 9.92. The van der Waals surface area contributed by atoms with Gasteiger partial charge in [0.25, 0.3) is 12.4 Å². The summed E-state index contributed by atoms with van der Waals surface area (Å²) in [7, 11) is 5.20. The quantitative estimate of drug-likeness (QED) is 0.0232. The van der Waals surface area contributed by atoms with E-state index in [0.717, 1.165) is 78.9 Å². The number of rotatable bonds is 23. The van der Waals surface area contributed by atoms with Crippen molar-refractivity contribution < 1.29 is 47.5 Å². The Hall–Kier alpha value is -12.2. The van der Waals surface area contributed by atoms with Crippen molar-refractivity contribution in [3.05, 3.63) is 258 Å². The van der Waals surface area contributed by atoms with Crippen LogP contribution in [0.4, 0.5) is 44.2 Å². The minimum Gasteiger partial charge on any atom is -0.497 e. The molecule has 106 heavy (non-hydrogen) atoms. The molecule has 7 aromatic carbocycles. The number of carbonyl (C=O) groups is 4. The Kier molecular flexibility index (Phi) is 25.8. The van der Waals surface area contributed by atoms with Gasteiger partial charge in [0.2, 0.25) is 24.2 Å². The first-order valence-electron chi connectivity index (χ1n) is 34.6. The van der Waals surface area contributed by atoms with Crippen molar-refractivity contribution in [3.8, 4) is 28.6 Å². The predicted octanol–water partition coefficient (Wildman–Crippen LogP) is 15.1. The first-order valence-corrected chi connectivity index (χ1v) is 35.1. The summed E-state index contributed by atoms with van der Waals surface area (Å²) >= 11 is 5.58. The molecule has 546 valence electrons. The summed E-state index contributed by atoms with van der Waals surface area (Å²) in [6.07, 6.45) is 11.7. The summed E-state index contributed by atoms with van der Waals surface area (Å²) in [5.41, 5.74) is 9.50. The SMILES string of the molecule is CNCc1ccc(OC)cc1.CO[n+]1cc[n+](CCCC(=O)Nc2cc(COc3ccc(NC(=O)Nc4cc(C(C)(C)C)nn4-c4ccc(C)cc4)c4ccccc34)ccn2)cc1.Cc1ccc(-n2nc(C(C)(C)C)cc2NC(=O)Nc2ccc(OCc3ccnc(NC(=O)CCl)c3)c3ccccc23)cc1. The fraction of sp³-hybridized carbons (Fsp3) is 0.244. The van der Waals surface area contributed by atoms with Crippen LogP contribution in [-0.4, -0.2) is 80.6 Å². The van der Waals surface area contributed by atoms with Crippen LogP contribution in [0.2, 0.25) is 0 Å². The van der Waals surface area contributed by atoms with Gasteiger partial charge < -0.3 is 40.8 Å². The average Bonchev–Trinajstić information content (AvgIpc) is 1.45. The molecule has 12 aromatic rings. The van der Waals surface area contributed by atoms with Gasteiger partial charge in [-0.15, -0.1) is 11.6 Å². The minimum atomic E-state index is -0.393. The lowest BCUT2D eigenvalue weighted by Gasteiger charge is -2.15. The molecule has 0 unspecified atom stereocenters. The third kappa shape index (κ3) is 21.2. The number of nitrogens with zero attached hydrogens (tertiary/aromatic N) is 8. The third-order valence-corrected chi connectivity index (χ3v) is 17.0. The second-order valence-corrected chi connectivity index (χ2v) is 27.3. The number of hydrogen-bond donors (Lipinski definition) is 7. The molecule has 24 heteroatoms. The van der Waals surface area contributed by atoms with Crippen LogP contribution in [0.5, 0.6) is 17.2 Å². The Morgan fingerprint density at radius 1 is 0.500 bits per heavy atom. The lowest BCUT2D eigenvalue weighted by molar-refractivity contribution is -0.896. The molecule has 0 aliphatic rings. The van der Waals surface area contributed by atoms with E-state index in [1.54, 1.807) is 59.2 Å². The zero-order chi connectivity index (χ0) is 75.3. The molecule has 0 saturated carbocycles. The maximum absolute atomic E-state index is 13.4. The maximum atomic E-state index is 13.4. The van der Waals surface area contributed by atoms with Crippen LogP contribution in [0.15, 0.2) is 219 Å². The topological polar surface area (TPSA) is 259 Å². The van der Waals surface area contributed by atoms with Crippen LogP contribution < -0.4 is 65.6 Å². The number of methoxy groups -OCH3 is 1. The van der Waals surface area contributed by atoms with Crippen molar-refractivity contribution >= 4 is 91.7 Å². The van der Waals surface area contributed by atoms with Crippen LogP contribution in [0, 0.1) is 13.8 Å². The van der Waals surface area contributed by atoms with E-state index in [4.69, 9.17) is 40.8 Å². The third-order valence-electron chi connectivity index (χ3n) is 16.7. The van der Waals surface area contributed by atoms with Gasteiger partial charge in [0.05, 0.1) is 41.2 Å². The number of halogens is 1. The number of aryl methyl sites for hydroxylation is 3. The molecule has 0 fully saturated rings. The molecule has 0 spiro atoms. The number of alkyl halides is 1. The Morgan fingerprint density at radius 2 is 0.953 bits per heavy atom. The van der Waals surface area contributed by atoms with E-state index in [1.165, 1.54) is 5.56 Å². The number of anilines is 6. The lowest BCUT2D eigenvalue weighted by Crippen LogP contribution is -2.45. The summed E-state index contributed by atoms with van der Waals surface area (Å²) in [5.74, 6) is 3.62. The van der Waals surface area contributed by atoms with Gasteiger partial charge in [-0.25, -0.2) is 28.9 Å². The molecular weight excluding hydrogens is 1360 g/mol. The zero-order valence-electron chi connectivity index (χ0n) is 61.5. The predicted molar refractivity (Wildman–Crippen MR) is 417 cm³/mol. The molecule has 0 saturated heterocycles. The van der Waals surface area contributed by atoms with Gasteiger partial charge in [0.1, 0.15) is 73.3 Å². The van der Waals surface area contributed by atoms with E-state index >= 15 is 0 Å². The number of benzene rings is 7. The number of ether oxygens (including phenoxy) is 3. The fourth-order valence-electron chi connectivity index (χ4n) is 11.0. The van der Waals surface area contributed by atoms with Crippen molar-refractivity contribution in [2.24, 2.45) is 0 Å². The second kappa shape index (κ2) is 35.8. The standard InChI is InChI=1S/C40H42N8O4.C33H33ClN6O3.C9H13NO/c1-28-12-14-30(15-13-28)48-37(26-35(45-48)40(2,3)4)44-39(50)42-33-16-17-34(32-10-7-6-9-31(32)33)52-27-29-18-19-41-36(25-29)43-38(49)11-8-20-46-21-23-47(51-5)24-22-46;1-21-9-11-23(12-10-21)40-30(18-28(39-40)33(2,3)4)38-32(42)36-26-13-14-27(25-8-6-5-7-24(25)26)43-20-22-15-16-35-29(17-22)37-31(41)19-34;1-10-7-8-3-5-9(11-2)6-4-8/h6-7,9-10,12-19,21-26H,8,11,20,27H2,1-5H3,(H-,41,42,43,49,50);5-18H,19-20H2,1-4H3,(H,35,37,41)(H2,36,38,42);3-6,10H,7H2,1-2H3/p+2. The van der Waals surface area contributed by atoms with E-state index in [-0.39, 0.29) is 41.7 Å². The minimum absolute atomic E-state index is 0.110. The number of carbonyl (C=O) groups excluding carboxylic acids is 4. The second-order valence-electron chi connectivity index (χ2n) is 27.1. The van der Waals surface area contributed by atoms with Gasteiger partial charge in [0, 0.05) is 81.0 Å². The fourth-order valence-corrected chi connectivity index (χ4v) is 11.1. The number of aromatic nitrogens is 8. The first-order chi connectivity index (χ1) is 51.0. The number of amides is 6. The highest BCUT2D eigenvalue weighted by atomic mass is 35.5. The number of pyridine rings is 2. The molecule has 0 aliphatic heterocycles. The van der Waals surface area contributed by atoms with Gasteiger partial charge in [-0.05, 0) is 123 Å². The van der Waals surface area contributed by atoms with E-state index < -0.39 is 12.1 Å². The number of hydrogen-bond acceptors (Lipinski definition) is 13. The Morgan fingerprint density at radius 3 is 1.38 bits per heavy atom. The molecular formula is C82H90ClN15O8+2. The van der Waals surface area contributed by atoms with Crippen molar-refractivity contribution in [1.82, 2.24) is 34.8 Å². The summed E-state index contributed by atoms with van der Waals surface area (Å²) in [6.45, 7) is 18.7. The Balaban J connectivity index is 0.000000200. The van der Waals surface area contributed by atoms with E-state index in [1.807, 2.05) is 202 Å². The van der Waals surface area contributed by atoms with Gasteiger partial charge in [0.15, 0.2) is 0 Å². The Labute approximate surface area is 622 Å². The molecule has 23 nitrogen and oxygen atoms in total. The van der Waals surface area contributed by atoms with Crippen molar-refractivity contribution in [1.29, 1.82) is 0 Å². The number of urea groups is 2. The molecule has 5 heterocycles. The van der Waals surface area contributed by atoms with Gasteiger partial charge in [-0.3, -0.25) is 25.1 Å².